The molecule has 0 radical (unpaired) electrons. The van der Waals surface area contributed by atoms with E-state index in [-0.39, 0.29) is 11.7 Å². The average molecular weight is 469 g/mol. The van der Waals surface area contributed by atoms with Crippen LogP contribution >= 0.6 is 22.7 Å². The van der Waals surface area contributed by atoms with Crippen LogP contribution in [0.1, 0.15) is 42.8 Å². The molecule has 0 saturated heterocycles. The Morgan fingerprint density at radius 2 is 1.91 bits per heavy atom. The van der Waals surface area contributed by atoms with Gasteiger partial charge in [-0.05, 0) is 68.5 Å². The molecule has 32 heavy (non-hydrogen) atoms. The smallest absolute Gasteiger partial charge is 0.338 e. The Kier molecular flexibility index (Phi) is 6.17. The van der Waals surface area contributed by atoms with E-state index < -0.39 is 12.0 Å². The highest BCUT2D eigenvalue weighted by molar-refractivity contribution is 7.11. The van der Waals surface area contributed by atoms with Crippen LogP contribution in [0.4, 0.5) is 0 Å². The molecule has 3 heterocycles. The first-order chi connectivity index (χ1) is 15.3. The number of methoxy groups -OCH3 is 1. The summed E-state index contributed by atoms with van der Waals surface area (Å²) in [6.07, 6.45) is 1.62. The third kappa shape index (κ3) is 4.08. The zero-order valence-corrected chi connectivity index (χ0v) is 20.2. The van der Waals surface area contributed by atoms with Crippen molar-refractivity contribution < 1.29 is 14.3 Å². The Labute approximate surface area is 193 Å². The average Bonchev–Trinajstić information content (AvgIpc) is 3.29. The number of benzene rings is 1. The Balaban J connectivity index is 1.95. The third-order valence-electron chi connectivity index (χ3n) is 5.18. The van der Waals surface area contributed by atoms with Crippen molar-refractivity contribution in [1.29, 1.82) is 0 Å². The van der Waals surface area contributed by atoms with E-state index in [1.165, 1.54) is 11.3 Å². The van der Waals surface area contributed by atoms with Crippen LogP contribution in [0.15, 0.2) is 56.8 Å². The van der Waals surface area contributed by atoms with Crippen LogP contribution in [-0.2, 0) is 9.53 Å². The number of thiophene rings is 1. The number of rotatable bonds is 5. The number of nitrogens with zero attached hydrogens (tertiary/aromatic N) is 2. The molecule has 166 valence electrons. The number of thiazole rings is 1. The highest BCUT2D eigenvalue weighted by Crippen LogP contribution is 2.32. The van der Waals surface area contributed by atoms with E-state index in [9.17, 15) is 9.59 Å². The fourth-order valence-electron chi connectivity index (χ4n) is 3.61. The lowest BCUT2D eigenvalue weighted by molar-refractivity contribution is -0.143. The lowest BCUT2D eigenvalue weighted by atomic mass is 9.96. The molecule has 1 aliphatic heterocycles. The predicted octanol–water partition coefficient (Wildman–Crippen LogP) is 3.57. The molecule has 0 fully saturated rings. The molecule has 8 heteroatoms. The zero-order valence-electron chi connectivity index (χ0n) is 18.5. The molecule has 0 spiro atoms. The van der Waals surface area contributed by atoms with Gasteiger partial charge in [-0.2, -0.15) is 0 Å². The fourth-order valence-corrected chi connectivity index (χ4v) is 5.57. The van der Waals surface area contributed by atoms with Gasteiger partial charge < -0.3 is 9.47 Å². The van der Waals surface area contributed by atoms with Gasteiger partial charge in [-0.3, -0.25) is 9.36 Å². The molecular weight excluding hydrogens is 444 g/mol. The van der Waals surface area contributed by atoms with E-state index in [2.05, 4.69) is 4.99 Å². The molecular formula is C24H24N2O4S2. The summed E-state index contributed by atoms with van der Waals surface area (Å²) in [5.41, 5.74) is 2.65. The summed E-state index contributed by atoms with van der Waals surface area (Å²) in [5, 5.41) is 2.00. The molecule has 0 bridgehead atoms. The summed E-state index contributed by atoms with van der Waals surface area (Å²) in [6, 6.07) is 8.77. The first-order valence-electron chi connectivity index (χ1n) is 10.2. The summed E-state index contributed by atoms with van der Waals surface area (Å²) in [5.74, 6) is 0.229. The number of esters is 1. The standard InChI is InChI=1S/C24H24N2O4S2/c1-13(2)30-23(28)20-15(4)25-24-26(21(20)16-6-8-17(29-5)9-7-16)22(27)19(32-24)12-18-14(3)10-11-31-18/h6-13,21H,1-5H3/b19-12+/t21-/m0/s1. The highest BCUT2D eigenvalue weighted by Gasteiger charge is 2.33. The second-order valence-electron chi connectivity index (χ2n) is 7.78. The number of fused-ring (bicyclic) bond motifs is 1. The van der Waals surface area contributed by atoms with E-state index in [4.69, 9.17) is 9.47 Å². The predicted molar refractivity (Wildman–Crippen MR) is 127 cm³/mol. The summed E-state index contributed by atoms with van der Waals surface area (Å²) >= 11 is 2.92. The number of allylic oxidation sites excluding steroid dienone is 1. The second-order valence-corrected chi connectivity index (χ2v) is 9.73. The van der Waals surface area contributed by atoms with Crippen molar-refractivity contribution in [2.75, 3.05) is 7.11 Å². The molecule has 3 aromatic rings. The van der Waals surface area contributed by atoms with E-state index in [0.29, 0.717) is 26.4 Å². The van der Waals surface area contributed by atoms with Crippen LogP contribution in [0.3, 0.4) is 0 Å². The molecule has 1 atom stereocenters. The van der Waals surface area contributed by atoms with Gasteiger partial charge in [0.05, 0.1) is 35.1 Å². The summed E-state index contributed by atoms with van der Waals surface area (Å²) in [6.45, 7) is 7.40. The SMILES string of the molecule is COc1ccc([C@H]2C(C(=O)OC(C)C)=C(C)N=c3s/c(=C/c4sccc4C)c(=O)n32)cc1. The van der Waals surface area contributed by atoms with Crippen LogP contribution in [0.25, 0.3) is 6.08 Å². The van der Waals surface area contributed by atoms with E-state index in [0.717, 1.165) is 16.0 Å². The van der Waals surface area contributed by atoms with Crippen LogP contribution in [-0.4, -0.2) is 23.8 Å². The quantitative estimate of drug-likeness (QED) is 0.537. The zero-order chi connectivity index (χ0) is 23.0. The maximum atomic E-state index is 13.5. The van der Waals surface area contributed by atoms with Crippen molar-refractivity contribution in [2.45, 2.75) is 39.8 Å². The monoisotopic (exact) mass is 468 g/mol. The minimum Gasteiger partial charge on any atom is -0.497 e. The van der Waals surface area contributed by atoms with Gasteiger partial charge in [-0.1, -0.05) is 23.5 Å². The Morgan fingerprint density at radius 3 is 2.50 bits per heavy atom. The first-order valence-corrected chi connectivity index (χ1v) is 11.9. The fraction of sp³-hybridized carbons (Fsp3) is 0.292. The van der Waals surface area contributed by atoms with Gasteiger partial charge in [0.25, 0.3) is 5.56 Å². The topological polar surface area (TPSA) is 69.9 Å². The van der Waals surface area contributed by atoms with Gasteiger partial charge in [0.1, 0.15) is 5.75 Å². The molecule has 6 nitrogen and oxygen atoms in total. The summed E-state index contributed by atoms with van der Waals surface area (Å²) in [7, 11) is 1.60. The number of aromatic nitrogens is 1. The molecule has 1 aliphatic rings. The van der Waals surface area contributed by atoms with Gasteiger partial charge in [0.2, 0.25) is 0 Å². The van der Waals surface area contributed by atoms with Gasteiger partial charge in [0, 0.05) is 4.88 Å². The van der Waals surface area contributed by atoms with Crippen LogP contribution in [0.2, 0.25) is 0 Å². The Morgan fingerprint density at radius 1 is 1.19 bits per heavy atom. The van der Waals surface area contributed by atoms with Gasteiger partial charge >= 0.3 is 5.97 Å². The number of carbonyl (C=O) groups is 1. The van der Waals surface area contributed by atoms with Gasteiger partial charge in [0.15, 0.2) is 4.80 Å². The van der Waals surface area contributed by atoms with Crippen molar-refractivity contribution in [1.82, 2.24) is 4.57 Å². The van der Waals surface area contributed by atoms with Gasteiger partial charge in [-0.25, -0.2) is 9.79 Å². The van der Waals surface area contributed by atoms with Crippen molar-refractivity contribution in [3.8, 4) is 5.75 Å². The lowest BCUT2D eigenvalue weighted by Crippen LogP contribution is -2.40. The number of hydrogen-bond donors (Lipinski definition) is 0. The number of carbonyl (C=O) groups excluding carboxylic acids is 1. The maximum Gasteiger partial charge on any atom is 0.338 e. The summed E-state index contributed by atoms with van der Waals surface area (Å²) in [4.78, 5) is 32.8. The van der Waals surface area contributed by atoms with E-state index >= 15 is 0 Å². The molecule has 0 unspecified atom stereocenters. The van der Waals surface area contributed by atoms with Crippen molar-refractivity contribution in [3.63, 3.8) is 0 Å². The second kappa shape index (κ2) is 8.88. The minimum atomic E-state index is -0.630. The highest BCUT2D eigenvalue weighted by atomic mass is 32.1. The normalized spacial score (nSPS) is 16.2. The van der Waals surface area contributed by atoms with Crippen molar-refractivity contribution in [3.05, 3.63) is 82.7 Å². The van der Waals surface area contributed by atoms with Crippen LogP contribution < -0.4 is 19.6 Å². The third-order valence-corrected chi connectivity index (χ3v) is 7.13. The number of aryl methyl sites for hydroxylation is 1. The molecule has 0 amide bonds. The summed E-state index contributed by atoms with van der Waals surface area (Å²) < 4.78 is 13.0. The minimum absolute atomic E-state index is 0.176. The van der Waals surface area contributed by atoms with Crippen LogP contribution in [0, 0.1) is 6.92 Å². The maximum absolute atomic E-state index is 13.5. The molecule has 0 saturated carbocycles. The first kappa shape index (κ1) is 22.2. The molecule has 1 aromatic carbocycles. The number of hydrogen-bond acceptors (Lipinski definition) is 7. The molecule has 0 N–H and O–H groups in total. The number of ether oxygens (including phenoxy) is 2. The van der Waals surface area contributed by atoms with Crippen molar-refractivity contribution in [2.24, 2.45) is 4.99 Å². The molecule has 4 rings (SSSR count). The van der Waals surface area contributed by atoms with E-state index in [1.54, 1.807) is 43.8 Å². The largest absolute Gasteiger partial charge is 0.497 e. The van der Waals surface area contributed by atoms with E-state index in [1.807, 2.05) is 48.7 Å². The van der Waals surface area contributed by atoms with Crippen LogP contribution in [0.5, 0.6) is 5.75 Å². The molecule has 0 aliphatic carbocycles. The van der Waals surface area contributed by atoms with Gasteiger partial charge in [-0.15, -0.1) is 11.3 Å². The lowest BCUT2D eigenvalue weighted by Gasteiger charge is -2.25. The molecule has 2 aromatic heterocycles. The Bertz CT molecular complexity index is 1370. The Hall–Kier alpha value is -2.97. The van der Waals surface area contributed by atoms with Crippen molar-refractivity contribution >= 4 is 34.7 Å².